The highest BCUT2D eigenvalue weighted by Gasteiger charge is 2.59. The van der Waals surface area contributed by atoms with Gasteiger partial charge in [0.15, 0.2) is 0 Å². The molecule has 2 fully saturated rings. The molecule has 2 bridgehead atoms. The Kier molecular flexibility index (Phi) is 4.32. The maximum atomic E-state index is 5.69. The summed E-state index contributed by atoms with van der Waals surface area (Å²) in [6, 6.07) is 1.13. The van der Waals surface area contributed by atoms with Crippen molar-refractivity contribution < 1.29 is 4.74 Å². The molecule has 0 amide bonds. The molecule has 4 atom stereocenters. The van der Waals surface area contributed by atoms with Gasteiger partial charge in [-0.2, -0.15) is 0 Å². The van der Waals surface area contributed by atoms with Crippen LogP contribution in [0.5, 0.6) is 0 Å². The van der Waals surface area contributed by atoms with Gasteiger partial charge in [-0.25, -0.2) is 0 Å². The number of nitrogens with one attached hydrogen (secondary N) is 1. The third-order valence-electron chi connectivity index (χ3n) is 5.96. The van der Waals surface area contributed by atoms with Crippen molar-refractivity contribution in [1.82, 2.24) is 5.32 Å². The molecule has 2 aliphatic rings. The average Bonchev–Trinajstić information content (AvgIpc) is 2.78. The second kappa shape index (κ2) is 5.37. The zero-order valence-electron chi connectivity index (χ0n) is 13.8. The molecule has 0 aromatic heterocycles. The first kappa shape index (κ1) is 15.3. The van der Waals surface area contributed by atoms with Crippen LogP contribution in [0.3, 0.4) is 0 Å². The van der Waals surface area contributed by atoms with Crippen molar-refractivity contribution in [3.63, 3.8) is 0 Å². The summed E-state index contributed by atoms with van der Waals surface area (Å²) in [7, 11) is 0. The number of hydrogen-bond acceptors (Lipinski definition) is 2. The Labute approximate surface area is 119 Å². The Hall–Kier alpha value is -0.0800. The van der Waals surface area contributed by atoms with E-state index in [-0.39, 0.29) is 0 Å². The molecule has 2 heteroatoms. The van der Waals surface area contributed by atoms with Crippen LogP contribution in [0.2, 0.25) is 0 Å². The molecule has 0 radical (unpaired) electrons. The number of fused-ring (bicyclic) bond motifs is 2. The van der Waals surface area contributed by atoms with Gasteiger partial charge in [0.25, 0.3) is 0 Å². The molecule has 0 aromatic rings. The molecule has 4 unspecified atom stereocenters. The van der Waals surface area contributed by atoms with Gasteiger partial charge in [-0.1, -0.05) is 34.6 Å². The van der Waals surface area contributed by atoms with E-state index in [1.807, 2.05) is 0 Å². The van der Waals surface area contributed by atoms with Crippen molar-refractivity contribution in [2.75, 3.05) is 13.2 Å². The van der Waals surface area contributed by atoms with Gasteiger partial charge < -0.3 is 10.1 Å². The van der Waals surface area contributed by atoms with Crippen LogP contribution < -0.4 is 5.32 Å². The highest BCUT2D eigenvalue weighted by atomic mass is 16.5. The van der Waals surface area contributed by atoms with E-state index in [1.165, 1.54) is 19.3 Å². The highest BCUT2D eigenvalue weighted by Crippen LogP contribution is 2.62. The smallest absolute Gasteiger partial charge is 0.0622 e. The lowest BCUT2D eigenvalue weighted by atomic mass is 9.68. The highest BCUT2D eigenvalue weighted by molar-refractivity contribution is 5.12. The zero-order chi connectivity index (χ0) is 14.3. The second-order valence-electron chi connectivity index (χ2n) is 8.02. The number of rotatable bonds is 6. The standard InChI is InChI=1S/C17H33NO/c1-7-19-11-14(12(2)3)18-15-16(4,5)13-8-9-17(15,6)10-13/h12-15,18H,7-11H2,1-6H3. The lowest BCUT2D eigenvalue weighted by Crippen LogP contribution is -2.56. The van der Waals surface area contributed by atoms with Gasteiger partial charge in [0.2, 0.25) is 0 Å². The first-order valence-corrected chi connectivity index (χ1v) is 8.15. The summed E-state index contributed by atoms with van der Waals surface area (Å²) >= 11 is 0. The van der Waals surface area contributed by atoms with Gasteiger partial charge in [0, 0.05) is 18.7 Å². The molecule has 0 aliphatic heterocycles. The summed E-state index contributed by atoms with van der Waals surface area (Å²) in [6.07, 6.45) is 4.24. The minimum Gasteiger partial charge on any atom is -0.380 e. The molecule has 2 nitrogen and oxygen atoms in total. The van der Waals surface area contributed by atoms with Crippen LogP contribution in [0.15, 0.2) is 0 Å². The minimum absolute atomic E-state index is 0.437. The Morgan fingerprint density at radius 3 is 2.42 bits per heavy atom. The van der Waals surface area contributed by atoms with Gasteiger partial charge in [0.05, 0.1) is 6.61 Å². The van der Waals surface area contributed by atoms with Gasteiger partial charge in [-0.3, -0.25) is 0 Å². The van der Waals surface area contributed by atoms with Crippen LogP contribution >= 0.6 is 0 Å². The molecular formula is C17H33NO. The first-order chi connectivity index (χ1) is 8.81. The fraction of sp³-hybridized carbons (Fsp3) is 1.00. The van der Waals surface area contributed by atoms with Gasteiger partial charge >= 0.3 is 0 Å². The van der Waals surface area contributed by atoms with Crippen LogP contribution in [0, 0.1) is 22.7 Å². The van der Waals surface area contributed by atoms with Crippen LogP contribution in [-0.4, -0.2) is 25.3 Å². The lowest BCUT2D eigenvalue weighted by Gasteiger charge is -2.45. The summed E-state index contributed by atoms with van der Waals surface area (Å²) in [5, 5.41) is 3.99. The Morgan fingerprint density at radius 1 is 1.26 bits per heavy atom. The minimum atomic E-state index is 0.437. The molecule has 0 heterocycles. The van der Waals surface area contributed by atoms with E-state index < -0.39 is 0 Å². The van der Waals surface area contributed by atoms with E-state index in [2.05, 4.69) is 46.9 Å². The normalized spacial score (nSPS) is 38.1. The van der Waals surface area contributed by atoms with Crippen molar-refractivity contribution in [3.8, 4) is 0 Å². The first-order valence-electron chi connectivity index (χ1n) is 8.15. The maximum Gasteiger partial charge on any atom is 0.0622 e. The summed E-state index contributed by atoms with van der Waals surface area (Å²) in [5.74, 6) is 1.54. The third-order valence-corrected chi connectivity index (χ3v) is 5.96. The molecule has 0 aromatic carbocycles. The van der Waals surface area contributed by atoms with Crippen molar-refractivity contribution >= 4 is 0 Å². The van der Waals surface area contributed by atoms with E-state index in [4.69, 9.17) is 4.74 Å². The predicted octanol–water partition coefficient (Wildman–Crippen LogP) is 3.85. The van der Waals surface area contributed by atoms with Gasteiger partial charge in [-0.05, 0) is 48.9 Å². The molecule has 0 saturated heterocycles. The Morgan fingerprint density at radius 2 is 1.95 bits per heavy atom. The van der Waals surface area contributed by atoms with E-state index in [0.29, 0.717) is 28.8 Å². The molecule has 2 aliphatic carbocycles. The number of hydrogen-bond donors (Lipinski definition) is 1. The van der Waals surface area contributed by atoms with Crippen molar-refractivity contribution in [2.45, 2.75) is 72.9 Å². The second-order valence-corrected chi connectivity index (χ2v) is 8.02. The van der Waals surface area contributed by atoms with Crippen LogP contribution in [0.25, 0.3) is 0 Å². The van der Waals surface area contributed by atoms with E-state index in [1.54, 1.807) is 0 Å². The Bertz CT molecular complexity index is 308. The van der Waals surface area contributed by atoms with Crippen molar-refractivity contribution in [1.29, 1.82) is 0 Å². The zero-order valence-corrected chi connectivity index (χ0v) is 13.8. The summed E-state index contributed by atoms with van der Waals surface area (Å²) in [5.41, 5.74) is 0.944. The lowest BCUT2D eigenvalue weighted by molar-refractivity contribution is 0.0554. The molecular weight excluding hydrogens is 234 g/mol. The van der Waals surface area contributed by atoms with Crippen molar-refractivity contribution in [3.05, 3.63) is 0 Å². The Balaban J connectivity index is 2.07. The quantitative estimate of drug-likeness (QED) is 0.789. The van der Waals surface area contributed by atoms with E-state index >= 15 is 0 Å². The SMILES string of the molecule is CCOCC(NC1C2(C)CCC(C2)C1(C)C)C(C)C. The third kappa shape index (κ3) is 2.71. The fourth-order valence-corrected chi connectivity index (χ4v) is 4.61. The van der Waals surface area contributed by atoms with E-state index in [9.17, 15) is 0 Å². The molecule has 2 saturated carbocycles. The fourth-order valence-electron chi connectivity index (χ4n) is 4.61. The van der Waals surface area contributed by atoms with Crippen LogP contribution in [-0.2, 0) is 4.74 Å². The van der Waals surface area contributed by atoms with E-state index in [0.717, 1.165) is 19.1 Å². The summed E-state index contributed by atoms with van der Waals surface area (Å²) in [6.45, 7) is 15.8. The van der Waals surface area contributed by atoms with Gasteiger partial charge in [-0.15, -0.1) is 0 Å². The van der Waals surface area contributed by atoms with Gasteiger partial charge in [0.1, 0.15) is 0 Å². The number of ether oxygens (including phenoxy) is 1. The topological polar surface area (TPSA) is 21.3 Å². The summed E-state index contributed by atoms with van der Waals surface area (Å²) in [4.78, 5) is 0. The monoisotopic (exact) mass is 267 g/mol. The summed E-state index contributed by atoms with van der Waals surface area (Å²) < 4.78 is 5.69. The van der Waals surface area contributed by atoms with Crippen molar-refractivity contribution in [2.24, 2.45) is 22.7 Å². The molecule has 2 rings (SSSR count). The molecule has 1 N–H and O–H groups in total. The average molecular weight is 267 g/mol. The predicted molar refractivity (Wildman–Crippen MR) is 81.3 cm³/mol. The molecule has 0 spiro atoms. The molecule has 112 valence electrons. The molecule has 19 heavy (non-hydrogen) atoms. The largest absolute Gasteiger partial charge is 0.380 e. The van der Waals surface area contributed by atoms with Crippen LogP contribution in [0.1, 0.15) is 60.8 Å². The maximum absolute atomic E-state index is 5.69. The van der Waals surface area contributed by atoms with Crippen LogP contribution in [0.4, 0.5) is 0 Å².